The molecular weight excluding hydrogens is 290 g/mol. The van der Waals surface area contributed by atoms with Crippen molar-refractivity contribution in [1.82, 2.24) is 0 Å². The van der Waals surface area contributed by atoms with E-state index >= 15 is 0 Å². The van der Waals surface area contributed by atoms with Crippen LogP contribution in [0.25, 0.3) is 0 Å². The first-order valence-electron chi connectivity index (χ1n) is 3.77. The number of hydrogen-bond acceptors (Lipinski definition) is 2. The number of rotatable bonds is 3. The van der Waals surface area contributed by atoms with Crippen LogP contribution in [0.5, 0.6) is 0 Å². The predicted molar refractivity (Wildman–Crippen MR) is 62.1 cm³/mol. The van der Waals surface area contributed by atoms with Gasteiger partial charge in [0.15, 0.2) is 0 Å². The molecule has 14 heavy (non-hydrogen) atoms. The van der Waals surface area contributed by atoms with E-state index in [9.17, 15) is 8.42 Å². The Kier molecular flexibility index (Phi) is 3.80. The van der Waals surface area contributed by atoms with Crippen LogP contribution in [0, 0.1) is 6.92 Å². The molecule has 1 aromatic carbocycles. The molecule has 0 heterocycles. The molecule has 0 aliphatic heterocycles. The van der Waals surface area contributed by atoms with Crippen LogP contribution in [0.15, 0.2) is 22.7 Å². The fraction of sp³-hybridized carbons (Fsp3) is 0.250. The van der Waals surface area contributed by atoms with E-state index in [0.717, 1.165) is 10.0 Å². The topological polar surface area (TPSA) is 46.2 Å². The van der Waals surface area contributed by atoms with E-state index in [1.54, 1.807) is 12.1 Å². The summed E-state index contributed by atoms with van der Waals surface area (Å²) in [4.78, 5) is 0. The minimum atomic E-state index is -3.41. The number of halogens is 2. The first kappa shape index (κ1) is 11.8. The van der Waals surface area contributed by atoms with Crippen LogP contribution in [0.2, 0.25) is 0 Å². The van der Waals surface area contributed by atoms with Crippen molar-refractivity contribution < 1.29 is 8.42 Å². The summed E-state index contributed by atoms with van der Waals surface area (Å²) < 4.78 is 25.6. The second kappa shape index (κ2) is 4.51. The lowest BCUT2D eigenvalue weighted by Gasteiger charge is -2.08. The molecule has 1 rings (SSSR count). The zero-order chi connectivity index (χ0) is 10.8. The molecule has 0 amide bonds. The highest BCUT2D eigenvalue weighted by atomic mass is 79.9. The summed E-state index contributed by atoms with van der Waals surface area (Å²) in [6.07, 6.45) is 0. The minimum Gasteiger partial charge on any atom is -0.282 e. The van der Waals surface area contributed by atoms with Gasteiger partial charge in [0.25, 0.3) is 0 Å². The van der Waals surface area contributed by atoms with Gasteiger partial charge in [0.05, 0.1) is 5.69 Å². The molecule has 3 nitrogen and oxygen atoms in total. The van der Waals surface area contributed by atoms with E-state index in [0.29, 0.717) is 5.69 Å². The molecule has 0 aliphatic carbocycles. The van der Waals surface area contributed by atoms with Gasteiger partial charge in [-0.05, 0) is 30.7 Å². The third-order valence-electron chi connectivity index (χ3n) is 1.60. The Hall–Kier alpha value is -0.260. The standard InChI is InChI=1S/C8H9BrClNO2S/c1-6-4-7(9)2-3-8(6)11-14(12,13)5-10/h2-4,11H,5H2,1H3. The largest absolute Gasteiger partial charge is 0.282 e. The van der Waals surface area contributed by atoms with Gasteiger partial charge in [0.2, 0.25) is 10.0 Å². The second-order valence-electron chi connectivity index (χ2n) is 2.79. The summed E-state index contributed by atoms with van der Waals surface area (Å²) in [6.45, 7) is 1.82. The lowest BCUT2D eigenvalue weighted by atomic mass is 10.2. The Bertz CT molecular complexity index is 433. The molecule has 0 saturated carbocycles. The monoisotopic (exact) mass is 297 g/mol. The number of benzene rings is 1. The molecule has 0 unspecified atom stereocenters. The second-order valence-corrected chi connectivity index (χ2v) is 6.01. The van der Waals surface area contributed by atoms with Gasteiger partial charge in [-0.3, -0.25) is 4.72 Å². The summed E-state index contributed by atoms with van der Waals surface area (Å²) in [5.74, 6) is 0. The Labute approximate surface area is 96.6 Å². The van der Waals surface area contributed by atoms with E-state index in [-0.39, 0.29) is 0 Å². The van der Waals surface area contributed by atoms with Crippen molar-refractivity contribution >= 4 is 43.2 Å². The van der Waals surface area contributed by atoms with Gasteiger partial charge in [-0.1, -0.05) is 15.9 Å². The number of sulfonamides is 1. The van der Waals surface area contributed by atoms with Crippen molar-refractivity contribution in [3.63, 3.8) is 0 Å². The quantitative estimate of drug-likeness (QED) is 0.872. The average Bonchev–Trinajstić information content (AvgIpc) is 2.10. The maximum absolute atomic E-state index is 11.2. The fourth-order valence-corrected chi connectivity index (χ4v) is 2.19. The maximum Gasteiger partial charge on any atom is 0.246 e. The highest BCUT2D eigenvalue weighted by Gasteiger charge is 2.09. The Balaban J connectivity index is 2.99. The Morgan fingerprint density at radius 1 is 1.50 bits per heavy atom. The predicted octanol–water partition coefficient (Wildman–Crippen LogP) is 2.70. The molecule has 0 saturated heterocycles. The zero-order valence-corrected chi connectivity index (χ0v) is 10.6. The molecule has 78 valence electrons. The normalized spacial score (nSPS) is 11.4. The molecule has 0 fully saturated rings. The average molecular weight is 299 g/mol. The third kappa shape index (κ3) is 3.15. The number of anilines is 1. The molecule has 0 radical (unpaired) electrons. The van der Waals surface area contributed by atoms with E-state index in [1.807, 2.05) is 13.0 Å². The van der Waals surface area contributed by atoms with Crippen LogP contribution in [0.3, 0.4) is 0 Å². The lowest BCUT2D eigenvalue weighted by molar-refractivity contribution is 0.605. The van der Waals surface area contributed by atoms with Gasteiger partial charge >= 0.3 is 0 Å². The zero-order valence-electron chi connectivity index (χ0n) is 7.42. The lowest BCUT2D eigenvalue weighted by Crippen LogP contribution is -2.14. The molecule has 0 bridgehead atoms. The van der Waals surface area contributed by atoms with Crippen molar-refractivity contribution in [2.24, 2.45) is 0 Å². The molecule has 6 heteroatoms. The van der Waals surface area contributed by atoms with Crippen LogP contribution >= 0.6 is 27.5 Å². The van der Waals surface area contributed by atoms with Gasteiger partial charge in [-0.2, -0.15) is 0 Å². The van der Waals surface area contributed by atoms with Gasteiger partial charge < -0.3 is 0 Å². The van der Waals surface area contributed by atoms with Gasteiger partial charge in [-0.15, -0.1) is 11.6 Å². The number of alkyl halides is 1. The summed E-state index contributed by atoms with van der Waals surface area (Å²) >= 11 is 8.56. The molecular formula is C8H9BrClNO2S. The van der Waals surface area contributed by atoms with Crippen molar-refractivity contribution in [2.45, 2.75) is 6.92 Å². The first-order chi connectivity index (χ1) is 6.44. The van der Waals surface area contributed by atoms with Gasteiger partial charge in [0, 0.05) is 4.47 Å². The highest BCUT2D eigenvalue weighted by Crippen LogP contribution is 2.21. The van der Waals surface area contributed by atoms with Crippen LogP contribution in [-0.2, 0) is 10.0 Å². The molecule has 1 aromatic rings. The van der Waals surface area contributed by atoms with Crippen LogP contribution in [0.4, 0.5) is 5.69 Å². The summed E-state index contributed by atoms with van der Waals surface area (Å²) in [6, 6.07) is 5.27. The number of hydrogen-bond donors (Lipinski definition) is 1. The van der Waals surface area contributed by atoms with Crippen molar-refractivity contribution in [1.29, 1.82) is 0 Å². The Morgan fingerprint density at radius 3 is 2.64 bits per heavy atom. The molecule has 0 spiro atoms. The molecule has 1 N–H and O–H groups in total. The van der Waals surface area contributed by atoms with E-state index in [2.05, 4.69) is 20.7 Å². The maximum atomic E-state index is 11.2. The minimum absolute atomic E-state index is 0.442. The van der Waals surface area contributed by atoms with E-state index in [4.69, 9.17) is 11.6 Å². The van der Waals surface area contributed by atoms with Crippen LogP contribution in [-0.4, -0.2) is 13.6 Å². The summed E-state index contributed by atoms with van der Waals surface area (Å²) in [7, 11) is -3.41. The van der Waals surface area contributed by atoms with E-state index in [1.165, 1.54) is 0 Å². The molecule has 0 atom stereocenters. The smallest absolute Gasteiger partial charge is 0.246 e. The van der Waals surface area contributed by atoms with E-state index < -0.39 is 15.2 Å². The third-order valence-corrected chi connectivity index (χ3v) is 3.77. The van der Waals surface area contributed by atoms with Crippen molar-refractivity contribution in [2.75, 3.05) is 9.93 Å². The summed E-state index contributed by atoms with van der Waals surface area (Å²) in [5.41, 5.74) is 1.39. The fourth-order valence-electron chi connectivity index (χ4n) is 0.936. The highest BCUT2D eigenvalue weighted by molar-refractivity contribution is 9.10. The van der Waals surface area contributed by atoms with Crippen LogP contribution < -0.4 is 4.72 Å². The Morgan fingerprint density at radius 2 is 2.14 bits per heavy atom. The van der Waals surface area contributed by atoms with Crippen molar-refractivity contribution in [3.8, 4) is 0 Å². The first-order valence-corrected chi connectivity index (χ1v) is 6.75. The SMILES string of the molecule is Cc1cc(Br)ccc1NS(=O)(=O)CCl. The van der Waals surface area contributed by atoms with Gasteiger partial charge in [0.1, 0.15) is 5.21 Å². The summed E-state index contributed by atoms with van der Waals surface area (Å²) in [5, 5.41) is -0.442. The molecule has 0 aliphatic rings. The number of aryl methyl sites for hydroxylation is 1. The molecule has 0 aromatic heterocycles. The number of nitrogens with one attached hydrogen (secondary N) is 1. The van der Waals surface area contributed by atoms with Crippen LogP contribution in [0.1, 0.15) is 5.56 Å². The van der Waals surface area contributed by atoms with Crippen molar-refractivity contribution in [3.05, 3.63) is 28.2 Å². The van der Waals surface area contributed by atoms with Gasteiger partial charge in [-0.25, -0.2) is 8.42 Å².